The van der Waals surface area contributed by atoms with Crippen LogP contribution in [-0.2, 0) is 4.79 Å². The molecule has 0 saturated carbocycles. The minimum Gasteiger partial charge on any atom is -0.326 e. The van der Waals surface area contributed by atoms with Crippen molar-refractivity contribution in [2.45, 2.75) is 6.92 Å². The van der Waals surface area contributed by atoms with Crippen LogP contribution in [0.5, 0.6) is 0 Å². The second-order valence-electron chi connectivity index (χ2n) is 3.39. The summed E-state index contributed by atoms with van der Waals surface area (Å²) in [7, 11) is 0. The first-order chi connectivity index (χ1) is 7.75. The Labute approximate surface area is 93.4 Å². The van der Waals surface area contributed by atoms with Gasteiger partial charge in [-0.3, -0.25) is 4.79 Å². The lowest BCUT2D eigenvalue weighted by atomic mass is 10.1. The first-order valence-corrected chi connectivity index (χ1v) is 4.89. The second-order valence-corrected chi connectivity index (χ2v) is 3.39. The van der Waals surface area contributed by atoms with E-state index in [-0.39, 0.29) is 5.91 Å². The van der Waals surface area contributed by atoms with Crippen molar-refractivity contribution >= 4 is 11.6 Å². The molecule has 0 aliphatic rings. The van der Waals surface area contributed by atoms with Crippen LogP contribution < -0.4 is 5.32 Å². The predicted octanol–water partition coefficient (Wildman–Crippen LogP) is 2.10. The van der Waals surface area contributed by atoms with Gasteiger partial charge in [0.1, 0.15) is 6.33 Å². The van der Waals surface area contributed by atoms with E-state index in [1.807, 2.05) is 24.3 Å². The summed E-state index contributed by atoms with van der Waals surface area (Å²) >= 11 is 0. The molecule has 1 heterocycles. The van der Waals surface area contributed by atoms with Crippen molar-refractivity contribution in [1.29, 1.82) is 0 Å². The molecule has 1 aromatic carbocycles. The van der Waals surface area contributed by atoms with Gasteiger partial charge in [0.2, 0.25) is 5.91 Å². The fraction of sp³-hybridized carbons (Fsp3) is 0.0833. The average molecular weight is 213 g/mol. The Morgan fingerprint density at radius 3 is 2.25 bits per heavy atom. The van der Waals surface area contributed by atoms with E-state index in [1.165, 1.54) is 13.3 Å². The molecule has 80 valence electrons. The van der Waals surface area contributed by atoms with E-state index in [1.54, 1.807) is 12.4 Å². The highest BCUT2D eigenvalue weighted by Crippen LogP contribution is 2.19. The maximum absolute atomic E-state index is 10.8. The fourth-order valence-corrected chi connectivity index (χ4v) is 1.40. The average Bonchev–Trinajstić information content (AvgIpc) is 2.30. The van der Waals surface area contributed by atoms with Crippen molar-refractivity contribution in [3.8, 4) is 11.1 Å². The smallest absolute Gasteiger partial charge is 0.221 e. The third kappa shape index (κ3) is 2.42. The van der Waals surface area contributed by atoms with Crippen molar-refractivity contribution in [3.05, 3.63) is 43.0 Å². The van der Waals surface area contributed by atoms with Gasteiger partial charge >= 0.3 is 0 Å². The van der Waals surface area contributed by atoms with Crippen LogP contribution in [0.4, 0.5) is 5.69 Å². The third-order valence-electron chi connectivity index (χ3n) is 2.10. The molecule has 0 fully saturated rings. The van der Waals surface area contributed by atoms with Gasteiger partial charge in [0.05, 0.1) is 0 Å². The molecule has 0 atom stereocenters. The van der Waals surface area contributed by atoms with E-state index in [0.29, 0.717) is 0 Å². The van der Waals surface area contributed by atoms with Crippen molar-refractivity contribution in [3.63, 3.8) is 0 Å². The molecule has 0 aliphatic carbocycles. The van der Waals surface area contributed by atoms with Gasteiger partial charge in [-0.05, 0) is 17.7 Å². The van der Waals surface area contributed by atoms with Crippen LogP contribution in [0.3, 0.4) is 0 Å². The van der Waals surface area contributed by atoms with E-state index >= 15 is 0 Å². The number of benzene rings is 1. The fourth-order valence-electron chi connectivity index (χ4n) is 1.40. The van der Waals surface area contributed by atoms with E-state index in [9.17, 15) is 4.79 Å². The largest absolute Gasteiger partial charge is 0.326 e. The zero-order valence-electron chi connectivity index (χ0n) is 8.84. The second kappa shape index (κ2) is 4.53. The Kier molecular flexibility index (Phi) is 2.91. The molecule has 0 unspecified atom stereocenters. The molecule has 0 aliphatic heterocycles. The molecule has 2 rings (SSSR count). The zero-order chi connectivity index (χ0) is 11.4. The van der Waals surface area contributed by atoms with Crippen molar-refractivity contribution in [1.82, 2.24) is 9.97 Å². The lowest BCUT2D eigenvalue weighted by Crippen LogP contribution is -2.05. The molecule has 0 spiro atoms. The highest BCUT2D eigenvalue weighted by atomic mass is 16.1. The molecular weight excluding hydrogens is 202 g/mol. The molecule has 0 bridgehead atoms. The van der Waals surface area contributed by atoms with Crippen LogP contribution in [0.15, 0.2) is 43.0 Å². The number of hydrogen-bond donors (Lipinski definition) is 1. The number of carbonyl (C=O) groups excluding carboxylic acids is 1. The third-order valence-corrected chi connectivity index (χ3v) is 2.10. The molecule has 2 aromatic rings. The van der Waals surface area contributed by atoms with Gasteiger partial charge in [-0.25, -0.2) is 9.97 Å². The van der Waals surface area contributed by atoms with Crippen LogP contribution in [0.2, 0.25) is 0 Å². The standard InChI is InChI=1S/C12H11N3O/c1-9(16)15-12-4-2-10(3-5-12)11-6-13-8-14-7-11/h2-8H,1H3,(H,15,16). The van der Waals surface area contributed by atoms with E-state index in [4.69, 9.17) is 0 Å². The SMILES string of the molecule is CC(=O)Nc1ccc(-c2cncnc2)cc1. The van der Waals surface area contributed by atoms with Crippen LogP contribution in [-0.4, -0.2) is 15.9 Å². The number of anilines is 1. The van der Waals surface area contributed by atoms with E-state index < -0.39 is 0 Å². The van der Waals surface area contributed by atoms with Crippen LogP contribution >= 0.6 is 0 Å². The minimum absolute atomic E-state index is 0.0733. The molecule has 16 heavy (non-hydrogen) atoms. The number of nitrogens with zero attached hydrogens (tertiary/aromatic N) is 2. The van der Waals surface area contributed by atoms with Crippen molar-refractivity contribution < 1.29 is 4.79 Å². The highest BCUT2D eigenvalue weighted by Gasteiger charge is 1.99. The number of nitrogens with one attached hydrogen (secondary N) is 1. The van der Waals surface area contributed by atoms with Crippen molar-refractivity contribution in [2.75, 3.05) is 5.32 Å². The highest BCUT2D eigenvalue weighted by molar-refractivity contribution is 5.88. The molecule has 0 radical (unpaired) electrons. The lowest BCUT2D eigenvalue weighted by molar-refractivity contribution is -0.114. The Hall–Kier alpha value is -2.23. The van der Waals surface area contributed by atoms with Crippen LogP contribution in [0.1, 0.15) is 6.92 Å². The number of carbonyl (C=O) groups is 1. The van der Waals surface area contributed by atoms with Crippen LogP contribution in [0, 0.1) is 0 Å². The molecule has 1 aromatic heterocycles. The summed E-state index contributed by atoms with van der Waals surface area (Å²) < 4.78 is 0. The van der Waals surface area contributed by atoms with Gasteiger partial charge in [0.25, 0.3) is 0 Å². The van der Waals surface area contributed by atoms with E-state index in [0.717, 1.165) is 16.8 Å². The van der Waals surface area contributed by atoms with Gasteiger partial charge < -0.3 is 5.32 Å². The summed E-state index contributed by atoms with van der Waals surface area (Å²) in [4.78, 5) is 18.7. The van der Waals surface area contributed by atoms with Gasteiger partial charge in [-0.15, -0.1) is 0 Å². The first kappa shape index (κ1) is 10.3. The van der Waals surface area contributed by atoms with Gasteiger partial charge in [-0.2, -0.15) is 0 Å². The molecule has 0 saturated heterocycles. The monoisotopic (exact) mass is 213 g/mol. The summed E-state index contributed by atoms with van der Waals surface area (Å²) in [6.07, 6.45) is 5.00. The Morgan fingerprint density at radius 2 is 1.69 bits per heavy atom. The molecule has 4 nitrogen and oxygen atoms in total. The number of rotatable bonds is 2. The quantitative estimate of drug-likeness (QED) is 0.831. The predicted molar refractivity (Wildman–Crippen MR) is 61.8 cm³/mol. The van der Waals surface area contributed by atoms with Gasteiger partial charge in [0, 0.05) is 30.6 Å². The summed E-state index contributed by atoms with van der Waals surface area (Å²) in [5.74, 6) is -0.0733. The van der Waals surface area contributed by atoms with Gasteiger partial charge in [0.15, 0.2) is 0 Å². The van der Waals surface area contributed by atoms with Gasteiger partial charge in [-0.1, -0.05) is 12.1 Å². The molecule has 4 heteroatoms. The maximum atomic E-state index is 10.8. The van der Waals surface area contributed by atoms with E-state index in [2.05, 4.69) is 15.3 Å². The normalized spacial score (nSPS) is 9.81. The minimum atomic E-state index is -0.0733. The summed E-state index contributed by atoms with van der Waals surface area (Å²) in [5.41, 5.74) is 2.76. The number of hydrogen-bond acceptors (Lipinski definition) is 3. The first-order valence-electron chi connectivity index (χ1n) is 4.89. The summed E-state index contributed by atoms with van der Waals surface area (Å²) in [6, 6.07) is 7.54. The summed E-state index contributed by atoms with van der Waals surface area (Å²) in [5, 5.41) is 2.71. The van der Waals surface area contributed by atoms with Crippen molar-refractivity contribution in [2.24, 2.45) is 0 Å². The Bertz CT molecular complexity index is 479. The Balaban J connectivity index is 2.23. The molecule has 1 amide bonds. The number of aromatic nitrogens is 2. The molecule has 1 N–H and O–H groups in total. The topological polar surface area (TPSA) is 54.9 Å². The maximum Gasteiger partial charge on any atom is 0.221 e. The Morgan fingerprint density at radius 1 is 1.06 bits per heavy atom. The zero-order valence-corrected chi connectivity index (χ0v) is 8.84. The lowest BCUT2D eigenvalue weighted by Gasteiger charge is -2.03. The van der Waals surface area contributed by atoms with Crippen LogP contribution in [0.25, 0.3) is 11.1 Å². The summed E-state index contributed by atoms with van der Waals surface area (Å²) in [6.45, 7) is 1.49. The molecular formula is C12H11N3O. The number of amides is 1.